The molecule has 0 radical (unpaired) electrons. The fraction of sp³-hybridized carbons (Fsp3) is 0.364. The average Bonchev–Trinajstić information content (AvgIpc) is 2.34. The fourth-order valence-electron chi connectivity index (χ4n) is 1.16. The van der Waals surface area contributed by atoms with E-state index in [0.717, 1.165) is 6.26 Å². The van der Waals surface area contributed by atoms with E-state index in [9.17, 15) is 13.2 Å². The van der Waals surface area contributed by atoms with E-state index in [1.165, 1.54) is 19.2 Å². The Kier molecular flexibility index (Phi) is 5.15. The lowest BCUT2D eigenvalue weighted by Crippen LogP contribution is -2.22. The zero-order valence-electron chi connectivity index (χ0n) is 9.92. The molecule has 0 N–H and O–H groups in total. The highest BCUT2D eigenvalue weighted by atomic mass is 79.9. The summed E-state index contributed by atoms with van der Waals surface area (Å²) in [7, 11) is -1.99. The van der Waals surface area contributed by atoms with Crippen LogP contribution in [0.15, 0.2) is 29.2 Å². The summed E-state index contributed by atoms with van der Waals surface area (Å²) >= 11 is 3.10. The van der Waals surface area contributed by atoms with Gasteiger partial charge in [0.1, 0.15) is 17.2 Å². The van der Waals surface area contributed by atoms with Crippen LogP contribution >= 0.6 is 15.9 Å². The van der Waals surface area contributed by atoms with Crippen LogP contribution in [-0.2, 0) is 19.4 Å². The van der Waals surface area contributed by atoms with E-state index >= 15 is 0 Å². The standard InChI is InChI=1S/C11H13BrO5S/c1-16-11(13)10(12)7-17-8-4-3-5-9(6-8)18(2,14)15/h3-6,10H,7H2,1-2H3. The second-order valence-corrected chi connectivity index (χ2v) is 6.67. The van der Waals surface area contributed by atoms with E-state index < -0.39 is 20.6 Å². The van der Waals surface area contributed by atoms with Crippen molar-refractivity contribution >= 4 is 31.7 Å². The quantitative estimate of drug-likeness (QED) is 0.600. The molecule has 0 spiro atoms. The number of hydrogen-bond donors (Lipinski definition) is 0. The predicted molar refractivity (Wildman–Crippen MR) is 69.8 cm³/mol. The zero-order chi connectivity index (χ0) is 13.8. The SMILES string of the molecule is COC(=O)C(Br)COc1cccc(S(C)(=O)=O)c1. The van der Waals surface area contributed by atoms with E-state index in [0.29, 0.717) is 5.75 Å². The molecule has 0 saturated heterocycles. The van der Waals surface area contributed by atoms with Crippen molar-refractivity contribution in [3.05, 3.63) is 24.3 Å². The predicted octanol–water partition coefficient (Wildman–Crippen LogP) is 1.41. The number of rotatable bonds is 5. The Morgan fingerprint density at radius 1 is 1.44 bits per heavy atom. The summed E-state index contributed by atoms with van der Waals surface area (Å²) in [5.41, 5.74) is 0. The van der Waals surface area contributed by atoms with Gasteiger partial charge in [0.05, 0.1) is 12.0 Å². The summed E-state index contributed by atoms with van der Waals surface area (Å²) in [6.07, 6.45) is 1.12. The number of alkyl halides is 1. The number of carbonyl (C=O) groups is 1. The van der Waals surface area contributed by atoms with Gasteiger partial charge in [-0.3, -0.25) is 4.79 Å². The van der Waals surface area contributed by atoms with Crippen molar-refractivity contribution in [2.75, 3.05) is 20.0 Å². The van der Waals surface area contributed by atoms with E-state index in [2.05, 4.69) is 20.7 Å². The first-order valence-corrected chi connectivity index (χ1v) is 7.80. The smallest absolute Gasteiger partial charge is 0.322 e. The fourth-order valence-corrected chi connectivity index (χ4v) is 2.14. The summed E-state index contributed by atoms with van der Waals surface area (Å²) in [4.78, 5) is 10.7. The minimum absolute atomic E-state index is 0.0554. The highest BCUT2D eigenvalue weighted by molar-refractivity contribution is 9.10. The Morgan fingerprint density at radius 3 is 2.67 bits per heavy atom. The largest absolute Gasteiger partial charge is 0.492 e. The highest BCUT2D eigenvalue weighted by Crippen LogP contribution is 2.18. The van der Waals surface area contributed by atoms with Crippen LogP contribution in [-0.4, -0.2) is 39.2 Å². The van der Waals surface area contributed by atoms with E-state index in [1.807, 2.05) is 0 Å². The van der Waals surface area contributed by atoms with Gasteiger partial charge in [-0.25, -0.2) is 8.42 Å². The number of ether oxygens (including phenoxy) is 2. The van der Waals surface area contributed by atoms with Gasteiger partial charge in [0, 0.05) is 6.26 Å². The van der Waals surface area contributed by atoms with Gasteiger partial charge in [-0.15, -0.1) is 0 Å². The van der Waals surface area contributed by atoms with E-state index in [4.69, 9.17) is 4.74 Å². The van der Waals surface area contributed by atoms with Crippen molar-refractivity contribution in [3.8, 4) is 5.75 Å². The maximum absolute atomic E-state index is 11.3. The molecule has 0 bridgehead atoms. The molecule has 0 fully saturated rings. The third kappa shape index (κ3) is 4.30. The Balaban J connectivity index is 2.72. The van der Waals surface area contributed by atoms with Gasteiger partial charge in [-0.05, 0) is 18.2 Å². The molecule has 1 aromatic rings. The average molecular weight is 337 g/mol. The van der Waals surface area contributed by atoms with Crippen LogP contribution in [0.4, 0.5) is 0 Å². The molecule has 0 saturated carbocycles. The van der Waals surface area contributed by atoms with E-state index in [-0.39, 0.29) is 11.5 Å². The number of halogens is 1. The lowest BCUT2D eigenvalue weighted by molar-refractivity contribution is -0.140. The topological polar surface area (TPSA) is 69.7 Å². The van der Waals surface area contributed by atoms with Crippen molar-refractivity contribution < 1.29 is 22.7 Å². The number of hydrogen-bond acceptors (Lipinski definition) is 5. The van der Waals surface area contributed by atoms with Gasteiger partial charge in [0.25, 0.3) is 0 Å². The van der Waals surface area contributed by atoms with Crippen LogP contribution in [0.5, 0.6) is 5.75 Å². The molecule has 1 atom stereocenters. The van der Waals surface area contributed by atoms with Gasteiger partial charge >= 0.3 is 5.97 Å². The van der Waals surface area contributed by atoms with Gasteiger partial charge in [0.2, 0.25) is 0 Å². The van der Waals surface area contributed by atoms with Crippen molar-refractivity contribution in [2.45, 2.75) is 9.72 Å². The molecule has 5 nitrogen and oxygen atoms in total. The first-order chi connectivity index (χ1) is 8.34. The van der Waals surface area contributed by atoms with Crippen LogP contribution in [0.2, 0.25) is 0 Å². The first-order valence-electron chi connectivity index (χ1n) is 4.99. The monoisotopic (exact) mass is 336 g/mol. The number of methoxy groups -OCH3 is 1. The number of sulfone groups is 1. The molecule has 0 aliphatic heterocycles. The van der Waals surface area contributed by atoms with Gasteiger partial charge < -0.3 is 9.47 Å². The molecule has 0 aliphatic carbocycles. The second kappa shape index (κ2) is 6.19. The number of benzene rings is 1. The summed E-state index contributed by atoms with van der Waals surface area (Å²) in [5, 5.41) is 0. The summed E-state index contributed by atoms with van der Waals surface area (Å²) in [6, 6.07) is 6.08. The zero-order valence-corrected chi connectivity index (χ0v) is 12.3. The van der Waals surface area contributed by atoms with Gasteiger partial charge in [-0.2, -0.15) is 0 Å². The van der Waals surface area contributed by atoms with Crippen LogP contribution in [0.3, 0.4) is 0 Å². The molecule has 18 heavy (non-hydrogen) atoms. The third-order valence-corrected chi connectivity index (χ3v) is 3.84. The molecule has 0 aliphatic rings. The highest BCUT2D eigenvalue weighted by Gasteiger charge is 2.16. The Labute approximate surface area is 114 Å². The molecule has 0 heterocycles. The molecule has 1 rings (SSSR count). The van der Waals surface area contributed by atoms with Gasteiger partial charge in [-0.1, -0.05) is 22.0 Å². The molecule has 1 unspecified atom stereocenters. The molecule has 100 valence electrons. The molecule has 7 heteroatoms. The third-order valence-electron chi connectivity index (χ3n) is 2.09. The Hall–Kier alpha value is -1.08. The van der Waals surface area contributed by atoms with Crippen LogP contribution in [0, 0.1) is 0 Å². The molecule has 1 aromatic carbocycles. The summed E-state index contributed by atoms with van der Waals surface area (Å²) in [5.74, 6) is -0.0689. The van der Waals surface area contributed by atoms with Crippen molar-refractivity contribution in [3.63, 3.8) is 0 Å². The molecule has 0 amide bonds. The van der Waals surface area contributed by atoms with Crippen molar-refractivity contribution in [1.29, 1.82) is 0 Å². The van der Waals surface area contributed by atoms with Crippen LogP contribution in [0.1, 0.15) is 0 Å². The summed E-state index contributed by atoms with van der Waals surface area (Å²) < 4.78 is 32.5. The summed E-state index contributed by atoms with van der Waals surface area (Å²) in [6.45, 7) is 0.0554. The molecular formula is C11H13BrO5S. The Morgan fingerprint density at radius 2 is 2.11 bits per heavy atom. The minimum Gasteiger partial charge on any atom is -0.492 e. The van der Waals surface area contributed by atoms with E-state index in [1.54, 1.807) is 12.1 Å². The maximum atomic E-state index is 11.3. The maximum Gasteiger partial charge on any atom is 0.322 e. The Bertz CT molecular complexity index is 526. The lowest BCUT2D eigenvalue weighted by Gasteiger charge is -2.10. The van der Waals surface area contributed by atoms with Crippen LogP contribution in [0.25, 0.3) is 0 Å². The number of carbonyl (C=O) groups excluding carboxylic acids is 1. The normalized spacial score (nSPS) is 12.8. The first kappa shape index (κ1) is 15.0. The number of esters is 1. The van der Waals surface area contributed by atoms with Crippen molar-refractivity contribution in [1.82, 2.24) is 0 Å². The lowest BCUT2D eigenvalue weighted by atomic mass is 10.3. The van der Waals surface area contributed by atoms with Crippen LogP contribution < -0.4 is 4.74 Å². The van der Waals surface area contributed by atoms with Crippen molar-refractivity contribution in [2.24, 2.45) is 0 Å². The molecular weight excluding hydrogens is 324 g/mol. The van der Waals surface area contributed by atoms with Gasteiger partial charge in [0.15, 0.2) is 9.84 Å². The molecule has 0 aromatic heterocycles. The minimum atomic E-state index is -3.27. The second-order valence-electron chi connectivity index (χ2n) is 3.55.